The van der Waals surface area contributed by atoms with Crippen molar-refractivity contribution in [1.82, 2.24) is 14.5 Å². The van der Waals surface area contributed by atoms with Crippen molar-refractivity contribution in [2.75, 3.05) is 14.2 Å². The summed E-state index contributed by atoms with van der Waals surface area (Å²) in [5, 5.41) is 0. The summed E-state index contributed by atoms with van der Waals surface area (Å²) in [5.41, 5.74) is 1.88. The fourth-order valence-corrected chi connectivity index (χ4v) is 2.96. The molecular formula is C22H21F2N3O2. The minimum atomic E-state index is -2.71. The van der Waals surface area contributed by atoms with E-state index >= 15 is 0 Å². The molecule has 0 aliphatic carbocycles. The van der Waals surface area contributed by atoms with Crippen LogP contribution >= 0.6 is 0 Å². The highest BCUT2D eigenvalue weighted by Crippen LogP contribution is 2.26. The molecule has 0 unspecified atom stereocenters. The molecule has 0 saturated heterocycles. The van der Waals surface area contributed by atoms with E-state index in [2.05, 4.69) is 4.98 Å². The van der Waals surface area contributed by atoms with Gasteiger partial charge in [-0.3, -0.25) is 9.36 Å². The molecule has 0 aliphatic heterocycles. The van der Waals surface area contributed by atoms with Gasteiger partial charge in [-0.15, -0.1) is 0 Å². The highest BCUT2D eigenvalue weighted by Gasteiger charge is 2.20. The SMILES string of the molecule is COc1ccccc1/C=C(/C(=O)N(C)Cc1nccn1C(F)F)c1ccccc1. The number of benzene rings is 2. The van der Waals surface area contributed by atoms with Crippen LogP contribution in [0.15, 0.2) is 67.0 Å². The Morgan fingerprint density at radius 3 is 2.55 bits per heavy atom. The Bertz CT molecular complexity index is 1000. The fraction of sp³-hybridized carbons (Fsp3) is 0.182. The van der Waals surface area contributed by atoms with Crippen LogP contribution in [-0.2, 0) is 11.3 Å². The van der Waals surface area contributed by atoms with E-state index in [-0.39, 0.29) is 18.3 Å². The molecule has 0 saturated carbocycles. The quantitative estimate of drug-likeness (QED) is 0.436. The molecule has 1 amide bonds. The van der Waals surface area contributed by atoms with Gasteiger partial charge in [0.15, 0.2) is 0 Å². The van der Waals surface area contributed by atoms with Gasteiger partial charge in [0.05, 0.1) is 13.7 Å². The van der Waals surface area contributed by atoms with E-state index < -0.39 is 6.55 Å². The Morgan fingerprint density at radius 1 is 1.17 bits per heavy atom. The predicted octanol–water partition coefficient (Wildman–Crippen LogP) is 4.49. The highest BCUT2D eigenvalue weighted by molar-refractivity contribution is 6.24. The summed E-state index contributed by atoms with van der Waals surface area (Å²) in [6, 6.07) is 16.5. The van der Waals surface area contributed by atoms with Crippen molar-refractivity contribution in [3.05, 3.63) is 83.9 Å². The van der Waals surface area contributed by atoms with E-state index in [1.54, 1.807) is 20.2 Å². The number of amides is 1. The second-order valence-electron chi connectivity index (χ2n) is 6.36. The van der Waals surface area contributed by atoms with Gasteiger partial charge in [-0.25, -0.2) is 4.98 Å². The smallest absolute Gasteiger partial charge is 0.319 e. The van der Waals surface area contributed by atoms with Crippen LogP contribution in [0.3, 0.4) is 0 Å². The summed E-state index contributed by atoms with van der Waals surface area (Å²) in [6.45, 7) is -2.76. The number of hydrogen-bond donors (Lipinski definition) is 0. The van der Waals surface area contributed by atoms with E-state index in [0.29, 0.717) is 16.9 Å². The first kappa shape index (κ1) is 20.3. The van der Waals surface area contributed by atoms with E-state index in [1.165, 1.54) is 17.3 Å². The first-order valence-corrected chi connectivity index (χ1v) is 8.96. The van der Waals surface area contributed by atoms with Crippen LogP contribution in [0.4, 0.5) is 8.78 Å². The number of methoxy groups -OCH3 is 1. The van der Waals surface area contributed by atoms with Gasteiger partial charge in [-0.1, -0.05) is 48.5 Å². The lowest BCUT2D eigenvalue weighted by Gasteiger charge is -2.20. The number of ether oxygens (including phenoxy) is 1. The first-order valence-electron chi connectivity index (χ1n) is 8.96. The number of aromatic nitrogens is 2. The molecule has 0 fully saturated rings. The molecule has 3 aromatic rings. The third-order valence-electron chi connectivity index (χ3n) is 4.44. The minimum absolute atomic E-state index is 0.0493. The Balaban J connectivity index is 1.97. The van der Waals surface area contributed by atoms with Gasteiger partial charge in [0.1, 0.15) is 11.6 Å². The minimum Gasteiger partial charge on any atom is -0.496 e. The van der Waals surface area contributed by atoms with Crippen molar-refractivity contribution in [1.29, 1.82) is 0 Å². The van der Waals surface area contributed by atoms with Crippen molar-refractivity contribution in [3.8, 4) is 5.75 Å². The third kappa shape index (κ3) is 4.68. The monoisotopic (exact) mass is 397 g/mol. The number of likely N-dealkylation sites (N-methyl/N-ethyl adjacent to an activating group) is 1. The fourth-order valence-electron chi connectivity index (χ4n) is 2.96. The van der Waals surface area contributed by atoms with Crippen molar-refractivity contribution in [2.24, 2.45) is 0 Å². The normalized spacial score (nSPS) is 11.6. The van der Waals surface area contributed by atoms with Gasteiger partial charge in [0.25, 0.3) is 5.91 Å². The zero-order chi connectivity index (χ0) is 20.8. The molecule has 2 aromatic carbocycles. The Hall–Kier alpha value is -3.48. The molecule has 5 nitrogen and oxygen atoms in total. The average molecular weight is 397 g/mol. The van der Waals surface area contributed by atoms with Crippen LogP contribution in [0.1, 0.15) is 23.5 Å². The van der Waals surface area contributed by atoms with E-state index in [4.69, 9.17) is 4.74 Å². The summed E-state index contributed by atoms with van der Waals surface area (Å²) in [7, 11) is 3.12. The zero-order valence-corrected chi connectivity index (χ0v) is 16.1. The summed E-state index contributed by atoms with van der Waals surface area (Å²) in [4.78, 5) is 18.6. The number of rotatable bonds is 7. The molecule has 0 atom stereocenters. The largest absolute Gasteiger partial charge is 0.496 e. The number of hydrogen-bond acceptors (Lipinski definition) is 3. The van der Waals surface area contributed by atoms with Gasteiger partial charge < -0.3 is 9.64 Å². The number of imidazole rings is 1. The number of para-hydroxylation sites is 1. The molecular weight excluding hydrogens is 376 g/mol. The van der Waals surface area contributed by atoms with Gasteiger partial charge in [-0.2, -0.15) is 8.78 Å². The van der Waals surface area contributed by atoms with Crippen molar-refractivity contribution in [3.63, 3.8) is 0 Å². The Morgan fingerprint density at radius 2 is 1.86 bits per heavy atom. The van der Waals surface area contributed by atoms with Crippen LogP contribution in [0, 0.1) is 0 Å². The molecule has 0 radical (unpaired) electrons. The maximum absolute atomic E-state index is 13.2. The highest BCUT2D eigenvalue weighted by atomic mass is 19.3. The van der Waals surface area contributed by atoms with E-state index in [9.17, 15) is 13.6 Å². The molecule has 1 heterocycles. The molecule has 0 N–H and O–H groups in total. The van der Waals surface area contributed by atoms with Crippen LogP contribution < -0.4 is 4.74 Å². The standard InChI is InChI=1S/C22H21F2N3O2/c1-26(15-20-25-12-13-27(20)22(23)24)21(28)18(16-8-4-3-5-9-16)14-17-10-6-7-11-19(17)29-2/h3-14,22H,15H2,1-2H3/b18-14+. The topological polar surface area (TPSA) is 47.4 Å². The molecule has 7 heteroatoms. The number of nitrogens with zero attached hydrogens (tertiary/aromatic N) is 3. The maximum atomic E-state index is 13.2. The number of carbonyl (C=O) groups excluding carboxylic acids is 1. The lowest BCUT2D eigenvalue weighted by molar-refractivity contribution is -0.124. The summed E-state index contributed by atoms with van der Waals surface area (Å²) >= 11 is 0. The molecule has 150 valence electrons. The zero-order valence-electron chi connectivity index (χ0n) is 16.1. The summed E-state index contributed by atoms with van der Waals surface area (Å²) in [6.07, 6.45) is 4.23. The lowest BCUT2D eigenvalue weighted by atomic mass is 10.0. The predicted molar refractivity (Wildman–Crippen MR) is 107 cm³/mol. The van der Waals surface area contributed by atoms with Gasteiger partial charge in [0.2, 0.25) is 0 Å². The van der Waals surface area contributed by atoms with Crippen molar-refractivity contribution >= 4 is 17.6 Å². The third-order valence-corrected chi connectivity index (χ3v) is 4.44. The summed E-state index contributed by atoms with van der Waals surface area (Å²) in [5.74, 6) is 0.427. The van der Waals surface area contributed by atoms with Gasteiger partial charge in [0, 0.05) is 30.6 Å². The molecule has 0 bridgehead atoms. The van der Waals surface area contributed by atoms with Crippen LogP contribution in [0.2, 0.25) is 0 Å². The molecule has 3 rings (SSSR count). The maximum Gasteiger partial charge on any atom is 0.319 e. The molecule has 0 aliphatic rings. The van der Waals surface area contributed by atoms with E-state index in [0.717, 1.165) is 10.1 Å². The van der Waals surface area contributed by atoms with Gasteiger partial charge >= 0.3 is 6.55 Å². The second kappa shape index (κ2) is 9.14. The lowest BCUT2D eigenvalue weighted by Crippen LogP contribution is -2.28. The number of halogens is 2. The summed E-state index contributed by atoms with van der Waals surface area (Å²) < 4.78 is 32.3. The van der Waals surface area contributed by atoms with Crippen LogP contribution in [0.5, 0.6) is 5.75 Å². The number of carbonyl (C=O) groups is 1. The molecule has 29 heavy (non-hydrogen) atoms. The van der Waals surface area contributed by atoms with E-state index in [1.807, 2.05) is 54.6 Å². The molecule has 0 spiro atoms. The average Bonchev–Trinajstić information content (AvgIpc) is 3.20. The number of alkyl halides is 2. The Kier molecular flexibility index (Phi) is 6.39. The van der Waals surface area contributed by atoms with Crippen molar-refractivity contribution < 1.29 is 18.3 Å². The van der Waals surface area contributed by atoms with Crippen LogP contribution in [-0.4, -0.2) is 34.5 Å². The van der Waals surface area contributed by atoms with Crippen molar-refractivity contribution in [2.45, 2.75) is 13.1 Å². The van der Waals surface area contributed by atoms with Gasteiger partial charge in [-0.05, 0) is 17.7 Å². The Labute approximate surface area is 167 Å². The second-order valence-corrected chi connectivity index (χ2v) is 6.36. The van der Waals surface area contributed by atoms with Crippen LogP contribution in [0.25, 0.3) is 11.6 Å². The first-order chi connectivity index (χ1) is 14.0. The molecule has 1 aromatic heterocycles.